The summed E-state index contributed by atoms with van der Waals surface area (Å²) in [4.78, 5) is 15.1. The molecule has 138 valence electrons. The Kier molecular flexibility index (Phi) is 5.12. The zero-order valence-electron chi connectivity index (χ0n) is 14.8. The van der Waals surface area contributed by atoms with E-state index in [1.165, 1.54) is 17.4 Å². The first-order valence-corrected chi connectivity index (χ1v) is 9.49. The summed E-state index contributed by atoms with van der Waals surface area (Å²) in [6.07, 6.45) is 3.85. The minimum Gasteiger partial charge on any atom is -0.488 e. The second kappa shape index (κ2) is 8.02. The lowest BCUT2D eigenvalue weighted by Gasteiger charge is -2.09. The molecule has 4 rings (SSSR count). The van der Waals surface area contributed by atoms with Gasteiger partial charge in [-0.2, -0.15) is 0 Å². The first-order chi connectivity index (χ1) is 13.7. The second-order valence-corrected chi connectivity index (χ2v) is 7.17. The highest BCUT2D eigenvalue weighted by Crippen LogP contribution is 2.28. The molecule has 28 heavy (non-hydrogen) atoms. The van der Waals surface area contributed by atoms with E-state index in [1.54, 1.807) is 12.1 Å². The van der Waals surface area contributed by atoms with Gasteiger partial charge in [0.05, 0.1) is 15.1 Å². The van der Waals surface area contributed by atoms with Crippen molar-refractivity contribution in [2.24, 2.45) is 0 Å². The van der Waals surface area contributed by atoms with Crippen molar-refractivity contribution in [2.45, 2.75) is 6.61 Å². The Labute approximate surface area is 165 Å². The number of hydrogen-bond acceptors (Lipinski definition) is 5. The fraction of sp³-hybridized carbons (Fsp3) is 0.0455. The van der Waals surface area contributed by atoms with Gasteiger partial charge in [-0.15, -0.1) is 11.3 Å². The van der Waals surface area contributed by atoms with E-state index < -0.39 is 4.92 Å². The average Bonchev–Trinajstić information content (AvgIpc) is 3.14. The number of aromatic nitrogens is 1. The number of ether oxygens (including phenoxy) is 1. The fourth-order valence-corrected chi connectivity index (χ4v) is 3.67. The van der Waals surface area contributed by atoms with Gasteiger partial charge in [0, 0.05) is 17.7 Å². The molecule has 0 spiro atoms. The SMILES string of the molecule is O=[N+]([O-])c1ccc2nc(C=Cc3ccccc3OCc3ccccc3)sc2c1. The van der Waals surface area contributed by atoms with Crippen LogP contribution >= 0.6 is 11.3 Å². The van der Waals surface area contributed by atoms with Crippen LogP contribution in [0.25, 0.3) is 22.4 Å². The van der Waals surface area contributed by atoms with E-state index in [0.29, 0.717) is 6.61 Å². The van der Waals surface area contributed by atoms with Crippen LogP contribution in [0.2, 0.25) is 0 Å². The molecule has 0 atom stereocenters. The minimum absolute atomic E-state index is 0.0753. The maximum atomic E-state index is 10.9. The van der Waals surface area contributed by atoms with Crippen LogP contribution in [0.4, 0.5) is 5.69 Å². The number of nitro groups is 1. The molecule has 1 heterocycles. The normalized spacial score (nSPS) is 11.1. The molecule has 0 aliphatic rings. The van der Waals surface area contributed by atoms with E-state index in [0.717, 1.165) is 32.1 Å². The predicted octanol–water partition coefficient (Wildman–Crippen LogP) is 5.95. The van der Waals surface area contributed by atoms with Crippen LogP contribution in [0.15, 0.2) is 72.8 Å². The topological polar surface area (TPSA) is 65.3 Å². The van der Waals surface area contributed by atoms with E-state index in [-0.39, 0.29) is 5.69 Å². The van der Waals surface area contributed by atoms with Crippen molar-refractivity contribution in [1.82, 2.24) is 4.98 Å². The second-order valence-electron chi connectivity index (χ2n) is 6.11. The first kappa shape index (κ1) is 17.9. The Morgan fingerprint density at radius 2 is 1.79 bits per heavy atom. The number of non-ortho nitro benzene ring substituents is 1. The van der Waals surface area contributed by atoms with Gasteiger partial charge in [-0.3, -0.25) is 10.1 Å². The number of para-hydroxylation sites is 1. The summed E-state index contributed by atoms with van der Waals surface area (Å²) in [6.45, 7) is 0.497. The lowest BCUT2D eigenvalue weighted by molar-refractivity contribution is -0.384. The number of fused-ring (bicyclic) bond motifs is 1. The lowest BCUT2D eigenvalue weighted by atomic mass is 10.2. The Morgan fingerprint density at radius 1 is 1.00 bits per heavy atom. The summed E-state index contributed by atoms with van der Waals surface area (Å²) >= 11 is 1.42. The van der Waals surface area contributed by atoms with Crippen molar-refractivity contribution in [2.75, 3.05) is 0 Å². The van der Waals surface area contributed by atoms with Gasteiger partial charge in [0.15, 0.2) is 0 Å². The molecule has 0 fully saturated rings. The van der Waals surface area contributed by atoms with Crippen molar-refractivity contribution >= 4 is 39.4 Å². The maximum Gasteiger partial charge on any atom is 0.270 e. The maximum absolute atomic E-state index is 10.9. The lowest BCUT2D eigenvalue weighted by Crippen LogP contribution is -1.96. The van der Waals surface area contributed by atoms with Crippen molar-refractivity contribution in [3.05, 3.63) is 99.0 Å². The molecule has 0 aliphatic heterocycles. The summed E-state index contributed by atoms with van der Waals surface area (Å²) in [5, 5.41) is 11.7. The van der Waals surface area contributed by atoms with Crippen molar-refractivity contribution in [3.8, 4) is 5.75 Å². The minimum atomic E-state index is -0.394. The van der Waals surface area contributed by atoms with Crippen molar-refractivity contribution in [1.29, 1.82) is 0 Å². The average molecular weight is 388 g/mol. The van der Waals surface area contributed by atoms with Gasteiger partial charge < -0.3 is 4.74 Å². The van der Waals surface area contributed by atoms with Crippen LogP contribution in [0.3, 0.4) is 0 Å². The molecule has 0 N–H and O–H groups in total. The van der Waals surface area contributed by atoms with E-state index >= 15 is 0 Å². The molecule has 3 aromatic carbocycles. The van der Waals surface area contributed by atoms with Gasteiger partial charge >= 0.3 is 0 Å². The highest BCUT2D eigenvalue weighted by Gasteiger charge is 2.09. The summed E-state index contributed by atoms with van der Waals surface area (Å²) in [6, 6.07) is 22.5. The molecule has 4 aromatic rings. The summed E-state index contributed by atoms with van der Waals surface area (Å²) < 4.78 is 6.76. The van der Waals surface area contributed by atoms with E-state index in [1.807, 2.05) is 66.7 Å². The zero-order valence-corrected chi connectivity index (χ0v) is 15.6. The fourth-order valence-electron chi connectivity index (χ4n) is 2.76. The van der Waals surface area contributed by atoms with Gasteiger partial charge in [0.25, 0.3) is 5.69 Å². The van der Waals surface area contributed by atoms with Gasteiger partial charge in [-0.25, -0.2) is 4.98 Å². The summed E-state index contributed by atoms with van der Waals surface area (Å²) in [5.74, 6) is 0.791. The third kappa shape index (κ3) is 4.07. The Morgan fingerprint density at radius 3 is 2.61 bits per heavy atom. The Balaban J connectivity index is 1.54. The van der Waals surface area contributed by atoms with E-state index in [9.17, 15) is 10.1 Å². The van der Waals surface area contributed by atoms with Crippen LogP contribution in [0.1, 0.15) is 16.1 Å². The van der Waals surface area contributed by atoms with Gasteiger partial charge in [0.1, 0.15) is 17.4 Å². The number of nitrogens with zero attached hydrogens (tertiary/aromatic N) is 2. The largest absolute Gasteiger partial charge is 0.488 e. The molecule has 0 bridgehead atoms. The molecule has 0 saturated heterocycles. The smallest absolute Gasteiger partial charge is 0.270 e. The molecular formula is C22H16N2O3S. The molecule has 5 nitrogen and oxygen atoms in total. The molecule has 0 unspecified atom stereocenters. The van der Waals surface area contributed by atoms with Crippen LogP contribution in [0, 0.1) is 10.1 Å². The molecule has 0 radical (unpaired) electrons. The highest BCUT2D eigenvalue weighted by molar-refractivity contribution is 7.19. The van der Waals surface area contributed by atoms with Crippen molar-refractivity contribution in [3.63, 3.8) is 0 Å². The molecule has 0 amide bonds. The standard InChI is InChI=1S/C22H16N2O3S/c25-24(26)18-11-12-19-21(14-18)28-22(23-19)13-10-17-8-4-5-9-20(17)27-15-16-6-2-1-3-7-16/h1-14H,15H2. The zero-order chi connectivity index (χ0) is 19.3. The van der Waals surface area contributed by atoms with Gasteiger partial charge in [-0.1, -0.05) is 48.5 Å². The Bertz CT molecular complexity index is 1150. The van der Waals surface area contributed by atoms with Gasteiger partial charge in [0.2, 0.25) is 0 Å². The van der Waals surface area contributed by atoms with E-state index in [2.05, 4.69) is 4.98 Å². The number of hydrogen-bond donors (Lipinski definition) is 0. The summed E-state index contributed by atoms with van der Waals surface area (Å²) in [7, 11) is 0. The molecule has 1 aromatic heterocycles. The molecule has 0 saturated carbocycles. The van der Waals surface area contributed by atoms with Crippen LogP contribution in [-0.4, -0.2) is 9.91 Å². The third-order valence-electron chi connectivity index (χ3n) is 4.16. The number of nitro benzene ring substituents is 1. The Hall–Kier alpha value is -3.51. The molecule has 0 aliphatic carbocycles. The quantitative estimate of drug-likeness (QED) is 0.302. The predicted molar refractivity (Wildman–Crippen MR) is 112 cm³/mol. The molecule has 6 heteroatoms. The number of thiazole rings is 1. The van der Waals surface area contributed by atoms with Crippen LogP contribution in [0.5, 0.6) is 5.75 Å². The van der Waals surface area contributed by atoms with Crippen LogP contribution in [-0.2, 0) is 6.61 Å². The van der Waals surface area contributed by atoms with Crippen LogP contribution < -0.4 is 4.74 Å². The highest BCUT2D eigenvalue weighted by atomic mass is 32.1. The monoisotopic (exact) mass is 388 g/mol. The van der Waals surface area contributed by atoms with Gasteiger partial charge in [-0.05, 0) is 29.8 Å². The van der Waals surface area contributed by atoms with E-state index in [4.69, 9.17) is 4.74 Å². The summed E-state index contributed by atoms with van der Waals surface area (Å²) in [5.41, 5.74) is 2.88. The molecular weight excluding hydrogens is 372 g/mol. The number of benzene rings is 3. The third-order valence-corrected chi connectivity index (χ3v) is 5.14. The first-order valence-electron chi connectivity index (χ1n) is 8.68. The number of rotatable bonds is 6. The van der Waals surface area contributed by atoms with Crippen molar-refractivity contribution < 1.29 is 9.66 Å².